The SMILES string of the molecule is COC[C@@H](C)N[C@H]1CC[C@H](Nc2cc(-c3cnc(F)c(NCC4(C)CC4)c3)c(F)cn2)CC1. The van der Waals surface area contributed by atoms with E-state index in [0.29, 0.717) is 47.9 Å². The highest BCUT2D eigenvalue weighted by Crippen LogP contribution is 2.45. The summed E-state index contributed by atoms with van der Waals surface area (Å²) in [6, 6.07) is 4.44. The molecule has 3 N–H and O–H groups in total. The summed E-state index contributed by atoms with van der Waals surface area (Å²) in [4.78, 5) is 8.09. The molecule has 180 valence electrons. The second kappa shape index (κ2) is 10.3. The second-order valence-electron chi connectivity index (χ2n) is 9.99. The first-order valence-electron chi connectivity index (χ1n) is 11.9. The minimum absolute atomic E-state index is 0.220. The van der Waals surface area contributed by atoms with Crippen molar-refractivity contribution in [2.24, 2.45) is 5.41 Å². The smallest absolute Gasteiger partial charge is 0.236 e. The largest absolute Gasteiger partial charge is 0.383 e. The van der Waals surface area contributed by atoms with E-state index in [1.54, 1.807) is 19.2 Å². The van der Waals surface area contributed by atoms with Crippen LogP contribution in [-0.4, -0.2) is 48.4 Å². The fourth-order valence-corrected chi connectivity index (χ4v) is 4.47. The van der Waals surface area contributed by atoms with Crippen molar-refractivity contribution in [3.63, 3.8) is 0 Å². The van der Waals surface area contributed by atoms with Gasteiger partial charge in [-0.2, -0.15) is 4.39 Å². The van der Waals surface area contributed by atoms with Crippen molar-refractivity contribution < 1.29 is 13.5 Å². The molecular formula is C25H35F2N5O. The summed E-state index contributed by atoms with van der Waals surface area (Å²) in [7, 11) is 1.72. The summed E-state index contributed by atoms with van der Waals surface area (Å²) in [6.07, 6.45) is 9.01. The molecule has 1 atom stereocenters. The van der Waals surface area contributed by atoms with E-state index in [0.717, 1.165) is 38.5 Å². The molecule has 2 aromatic rings. The van der Waals surface area contributed by atoms with Gasteiger partial charge in [0, 0.05) is 49.1 Å². The van der Waals surface area contributed by atoms with Gasteiger partial charge in [-0.3, -0.25) is 0 Å². The summed E-state index contributed by atoms with van der Waals surface area (Å²) in [6.45, 7) is 5.69. The van der Waals surface area contributed by atoms with Crippen LogP contribution in [0.3, 0.4) is 0 Å². The van der Waals surface area contributed by atoms with E-state index in [1.807, 2.05) is 0 Å². The molecule has 0 radical (unpaired) electrons. The van der Waals surface area contributed by atoms with Gasteiger partial charge in [-0.15, -0.1) is 0 Å². The monoisotopic (exact) mass is 459 g/mol. The maximum Gasteiger partial charge on any atom is 0.236 e. The van der Waals surface area contributed by atoms with Crippen molar-refractivity contribution in [3.05, 3.63) is 36.3 Å². The van der Waals surface area contributed by atoms with Crippen LogP contribution in [0, 0.1) is 17.2 Å². The molecule has 0 amide bonds. The molecule has 0 unspecified atom stereocenters. The zero-order valence-electron chi connectivity index (χ0n) is 19.8. The first-order chi connectivity index (χ1) is 15.8. The minimum atomic E-state index is -0.569. The summed E-state index contributed by atoms with van der Waals surface area (Å²) in [5.41, 5.74) is 1.42. The first kappa shape index (κ1) is 23.8. The Bertz CT molecular complexity index is 944. The van der Waals surface area contributed by atoms with Gasteiger partial charge in [0.2, 0.25) is 5.95 Å². The standard InChI is InChI=1S/C25H35F2N5O/c1-16(14-33-3)31-18-4-6-19(7-5-18)32-23-11-20(21(26)13-28-23)17-10-22(24(27)29-12-17)30-15-25(2)8-9-25/h10-13,16,18-19,30-31H,4-9,14-15H2,1-3H3,(H,28,32)/t16-,18-,19-/m1/s1. The van der Waals surface area contributed by atoms with Gasteiger partial charge in [-0.05, 0) is 63.0 Å². The van der Waals surface area contributed by atoms with Gasteiger partial charge in [0.25, 0.3) is 0 Å². The molecule has 0 spiro atoms. The molecule has 8 heteroatoms. The number of hydrogen-bond acceptors (Lipinski definition) is 6. The minimum Gasteiger partial charge on any atom is -0.383 e. The quantitative estimate of drug-likeness (QED) is 0.435. The zero-order valence-corrected chi connectivity index (χ0v) is 19.8. The number of anilines is 2. The molecule has 6 nitrogen and oxygen atoms in total. The van der Waals surface area contributed by atoms with Gasteiger partial charge in [0.1, 0.15) is 11.6 Å². The lowest BCUT2D eigenvalue weighted by Crippen LogP contribution is -2.42. The van der Waals surface area contributed by atoms with Crippen molar-refractivity contribution in [1.29, 1.82) is 0 Å². The number of nitrogens with one attached hydrogen (secondary N) is 3. The second-order valence-corrected chi connectivity index (χ2v) is 9.99. The molecule has 0 aromatic carbocycles. The number of methoxy groups -OCH3 is 1. The number of nitrogens with zero attached hydrogens (tertiary/aromatic N) is 2. The van der Waals surface area contributed by atoms with Crippen LogP contribution in [0.4, 0.5) is 20.3 Å². The Morgan fingerprint density at radius 1 is 1.09 bits per heavy atom. The predicted molar refractivity (Wildman–Crippen MR) is 127 cm³/mol. The van der Waals surface area contributed by atoms with Crippen LogP contribution in [0.5, 0.6) is 0 Å². The molecule has 4 rings (SSSR count). The summed E-state index contributed by atoms with van der Waals surface area (Å²) >= 11 is 0. The van der Waals surface area contributed by atoms with E-state index in [-0.39, 0.29) is 11.5 Å². The Labute approximate surface area is 194 Å². The van der Waals surface area contributed by atoms with Crippen molar-refractivity contribution in [2.45, 2.75) is 70.5 Å². The van der Waals surface area contributed by atoms with Gasteiger partial charge in [0.05, 0.1) is 18.5 Å². The fraction of sp³-hybridized carbons (Fsp3) is 0.600. The molecule has 0 saturated heterocycles. The number of hydrogen-bond donors (Lipinski definition) is 3. The molecular weight excluding hydrogens is 424 g/mol. The van der Waals surface area contributed by atoms with E-state index in [2.05, 4.69) is 39.8 Å². The lowest BCUT2D eigenvalue weighted by Gasteiger charge is -2.31. The molecule has 2 saturated carbocycles. The lowest BCUT2D eigenvalue weighted by atomic mass is 9.90. The summed E-state index contributed by atoms with van der Waals surface area (Å²) in [5.74, 6) is -0.394. The highest BCUT2D eigenvalue weighted by molar-refractivity contribution is 5.69. The van der Waals surface area contributed by atoms with Crippen LogP contribution < -0.4 is 16.0 Å². The average molecular weight is 460 g/mol. The van der Waals surface area contributed by atoms with Crippen molar-refractivity contribution in [3.8, 4) is 11.1 Å². The van der Waals surface area contributed by atoms with Gasteiger partial charge in [-0.1, -0.05) is 6.92 Å². The average Bonchev–Trinajstić information content (AvgIpc) is 3.53. The number of halogens is 2. The Morgan fingerprint density at radius 2 is 1.82 bits per heavy atom. The molecule has 2 fully saturated rings. The maximum absolute atomic E-state index is 14.6. The van der Waals surface area contributed by atoms with E-state index < -0.39 is 11.8 Å². The van der Waals surface area contributed by atoms with Crippen LogP contribution in [0.2, 0.25) is 0 Å². The highest BCUT2D eigenvalue weighted by atomic mass is 19.1. The number of aromatic nitrogens is 2. The van der Waals surface area contributed by atoms with Crippen LogP contribution in [0.25, 0.3) is 11.1 Å². The molecule has 0 bridgehead atoms. The highest BCUT2D eigenvalue weighted by Gasteiger charge is 2.37. The van der Waals surface area contributed by atoms with Crippen molar-refractivity contribution in [1.82, 2.24) is 15.3 Å². The molecule has 2 heterocycles. The van der Waals surface area contributed by atoms with Crippen LogP contribution in [0.1, 0.15) is 52.4 Å². The lowest BCUT2D eigenvalue weighted by molar-refractivity contribution is 0.161. The molecule has 33 heavy (non-hydrogen) atoms. The van der Waals surface area contributed by atoms with Gasteiger partial charge in [-0.25, -0.2) is 14.4 Å². The number of rotatable bonds is 10. The number of ether oxygens (including phenoxy) is 1. The molecule has 2 aliphatic carbocycles. The normalized spacial score (nSPS) is 22.6. The van der Waals surface area contributed by atoms with E-state index in [9.17, 15) is 8.78 Å². The van der Waals surface area contributed by atoms with Crippen LogP contribution >= 0.6 is 0 Å². The maximum atomic E-state index is 14.6. The predicted octanol–water partition coefficient (Wildman–Crippen LogP) is 4.98. The third-order valence-electron chi connectivity index (χ3n) is 6.83. The Balaban J connectivity index is 1.39. The van der Waals surface area contributed by atoms with E-state index in [4.69, 9.17) is 4.74 Å². The third-order valence-corrected chi connectivity index (χ3v) is 6.83. The summed E-state index contributed by atoms with van der Waals surface area (Å²) in [5, 5.41) is 10.2. The van der Waals surface area contributed by atoms with Gasteiger partial charge in [0.15, 0.2) is 0 Å². The number of pyridine rings is 2. The van der Waals surface area contributed by atoms with E-state index in [1.165, 1.54) is 12.4 Å². The molecule has 2 aliphatic rings. The van der Waals surface area contributed by atoms with Crippen LogP contribution in [-0.2, 0) is 4.74 Å². The third kappa shape index (κ3) is 6.38. The molecule has 2 aromatic heterocycles. The van der Waals surface area contributed by atoms with Crippen molar-refractivity contribution >= 4 is 11.5 Å². The Hall–Kier alpha value is -2.32. The summed E-state index contributed by atoms with van der Waals surface area (Å²) < 4.78 is 34.1. The van der Waals surface area contributed by atoms with Crippen molar-refractivity contribution in [2.75, 3.05) is 30.9 Å². The van der Waals surface area contributed by atoms with Gasteiger partial charge < -0.3 is 20.7 Å². The zero-order chi connectivity index (χ0) is 23.4. The Kier molecular flexibility index (Phi) is 7.44. The Morgan fingerprint density at radius 3 is 2.52 bits per heavy atom. The molecule has 0 aliphatic heterocycles. The first-order valence-corrected chi connectivity index (χ1v) is 11.9. The topological polar surface area (TPSA) is 71.1 Å². The fourth-order valence-electron chi connectivity index (χ4n) is 4.47. The van der Waals surface area contributed by atoms with Gasteiger partial charge >= 0.3 is 0 Å². The van der Waals surface area contributed by atoms with E-state index >= 15 is 0 Å². The van der Waals surface area contributed by atoms with Crippen LogP contribution in [0.15, 0.2) is 24.5 Å².